The van der Waals surface area contributed by atoms with Crippen LogP contribution in [0.25, 0.3) is 89.7 Å². The molecule has 4 saturated heterocycles. The van der Waals surface area contributed by atoms with E-state index < -0.39 is 27.8 Å². The van der Waals surface area contributed by atoms with E-state index >= 15 is 0 Å². The lowest BCUT2D eigenvalue weighted by Gasteiger charge is -2.34. The number of nitrogens with two attached hydrogens (primary N) is 4. The Labute approximate surface area is 649 Å². The van der Waals surface area contributed by atoms with Crippen molar-refractivity contribution in [3.05, 3.63) is 102 Å². The van der Waals surface area contributed by atoms with E-state index in [9.17, 15) is 10.5 Å². The average Bonchev–Trinajstić information content (AvgIpc) is 1.63. The Kier molecular flexibility index (Phi) is 17.0. The van der Waals surface area contributed by atoms with Gasteiger partial charge < -0.3 is 74.7 Å². The monoisotopic (exact) mass is 1520 g/mol. The maximum Gasteiger partial charge on any atom is 0.219 e. The molecule has 20 heterocycles. The molecule has 578 valence electrons. The lowest BCUT2D eigenvalue weighted by Crippen LogP contribution is -2.34. The maximum atomic E-state index is 9.94. The topological polar surface area (TPSA) is 443 Å². The minimum absolute atomic E-state index is 0.193. The van der Waals surface area contributed by atoms with Crippen molar-refractivity contribution in [1.29, 1.82) is 10.5 Å². The van der Waals surface area contributed by atoms with E-state index in [0.717, 1.165) is 192 Å². The van der Waals surface area contributed by atoms with Gasteiger partial charge in [0.2, 0.25) is 17.8 Å². The van der Waals surface area contributed by atoms with Crippen LogP contribution in [0.4, 0.5) is 35.3 Å². The molecule has 0 radical (unpaired) electrons. The Hall–Kier alpha value is -11.7. The fourth-order valence-electron chi connectivity index (χ4n) is 17.4. The quantitative estimate of drug-likeness (QED) is 0.110. The molecule has 0 aromatic carbocycles. The number of ether oxygens (including phenoxy) is 5. The SMILES string of the molecule is CC1(C)OCCn2c1nc1c(C3(C#N)CCC3)nc(-c3cnc(N)nc3)nc12.CC1(C)OCCn2c1nc1c(C3CC3)nc(-c3cnc(N)c(C#N)c3)cc12.CC1(C)OCCn2c1nc1c(N3CC4CC3C4)nc(-c3cnc(N)nc3)cc12.CC1(C)OCCn2c1nc1c(N3CC4COCC4C3)nc(-c3cnc(N)nc3)nc12. The molecule has 34 nitrogen and oxygen atoms in total. The van der Waals surface area contributed by atoms with Crippen molar-refractivity contribution in [2.45, 2.75) is 166 Å². The molecule has 3 aliphatic carbocycles. The molecule has 8 aliphatic heterocycles. The molecule has 34 heteroatoms. The Bertz CT molecular complexity index is 5870. The summed E-state index contributed by atoms with van der Waals surface area (Å²) >= 11 is 0. The highest BCUT2D eigenvalue weighted by Crippen LogP contribution is 2.50. The molecule has 23 rings (SSSR count). The van der Waals surface area contributed by atoms with Gasteiger partial charge in [-0.15, -0.1) is 0 Å². The predicted molar refractivity (Wildman–Crippen MR) is 417 cm³/mol. The van der Waals surface area contributed by atoms with Crippen LogP contribution < -0.4 is 32.7 Å². The number of nitrogens with zero attached hydrogens (tertiary/aromatic N) is 25. The summed E-state index contributed by atoms with van der Waals surface area (Å²) in [6.07, 6.45) is 19.1. The highest BCUT2D eigenvalue weighted by atomic mass is 16.5. The fraction of sp³-hybridized carbons (Fsp3) is 0.481. The minimum Gasteiger partial charge on any atom is -0.383 e. The summed E-state index contributed by atoms with van der Waals surface area (Å²) in [6.45, 7) is 26.3. The van der Waals surface area contributed by atoms with Crippen LogP contribution in [0.2, 0.25) is 0 Å². The highest BCUT2D eigenvalue weighted by molar-refractivity contribution is 5.92. The largest absolute Gasteiger partial charge is 0.383 e. The van der Waals surface area contributed by atoms with E-state index in [2.05, 4.69) is 109 Å². The number of hydrogen-bond donors (Lipinski definition) is 4. The van der Waals surface area contributed by atoms with Gasteiger partial charge in [0.15, 0.2) is 40.1 Å². The van der Waals surface area contributed by atoms with Crippen molar-refractivity contribution in [2.75, 3.05) is 92.0 Å². The number of fused-ring (bicyclic) bond motifs is 14. The van der Waals surface area contributed by atoms with E-state index in [1.165, 1.54) is 12.8 Å². The third kappa shape index (κ3) is 12.4. The number of pyridine rings is 3. The smallest absolute Gasteiger partial charge is 0.219 e. The second-order valence-electron chi connectivity index (χ2n) is 33.0. The summed E-state index contributed by atoms with van der Waals surface area (Å²) in [6, 6.07) is 11.1. The van der Waals surface area contributed by atoms with Crippen molar-refractivity contribution >= 4 is 79.7 Å². The van der Waals surface area contributed by atoms with Gasteiger partial charge in [0.05, 0.1) is 96.2 Å². The predicted octanol–water partition coefficient (Wildman–Crippen LogP) is 8.71. The minimum atomic E-state index is -0.625. The van der Waals surface area contributed by atoms with Crippen LogP contribution in [0.5, 0.6) is 0 Å². The molecule has 2 atom stereocenters. The van der Waals surface area contributed by atoms with Gasteiger partial charge in [0.1, 0.15) is 79.6 Å². The number of nitrogen functional groups attached to an aromatic ring is 4. The van der Waals surface area contributed by atoms with Crippen LogP contribution in [0.1, 0.15) is 147 Å². The normalized spacial score (nSPS) is 22.0. The zero-order chi connectivity index (χ0) is 77.8. The molecule has 12 aromatic rings. The standard InChI is InChI=1S/C20H24N8O2.C20H23N7O.C20H20N6O.C19H20N8O/c1-20(2)18-24-14-16(27-7-12-9-29-10-13(12)8-27)25-15(11-5-22-19(21)23-6-11)26-17(14)28(18)3-4-30-20;1-20(2)18-25-16-15(26(18)3-4-28-20)7-14(12-8-22-19(21)23-9-12)24-17(16)27-10-11-5-13(27)6-11;1-20(2)19-25-17-15(26(19)5-6-27-20)8-14(24-16(17)11-3-4-11)13-7-12(9-21)18(22)23-10-13;1-18(2)16-24-12-13(19(10-20)4-3-5-19)25-14(11-8-22-17(21)23-9-11)26-15(12)27(16)6-7-28-18/h5-6,12-13H,3-4,7-10H2,1-2H3,(H2,21,22,23);7-9,11,13H,3-6,10H2,1-2H3,(H2,21,22,23);7-8,10-11H,3-6H2,1-2H3,(H2,22,23);8-9H,3-7H2,1-2H3,(H2,21,22,23). The molecule has 12 aromatic heterocycles. The number of rotatable bonds is 8. The Morgan fingerprint density at radius 2 is 0.938 bits per heavy atom. The molecule has 3 saturated carbocycles. The van der Waals surface area contributed by atoms with Crippen molar-refractivity contribution in [2.24, 2.45) is 17.8 Å². The number of imidazole rings is 4. The molecule has 7 fully saturated rings. The first-order valence-corrected chi connectivity index (χ1v) is 38.8. The number of nitriles is 2. The molecule has 0 amide bonds. The first-order valence-electron chi connectivity index (χ1n) is 38.8. The average molecular weight is 1520 g/mol. The van der Waals surface area contributed by atoms with Gasteiger partial charge in [-0.25, -0.2) is 79.7 Å². The van der Waals surface area contributed by atoms with Gasteiger partial charge in [-0.05, 0) is 124 Å². The van der Waals surface area contributed by atoms with Crippen molar-refractivity contribution in [3.63, 3.8) is 0 Å². The lowest BCUT2D eigenvalue weighted by atomic mass is 9.67. The van der Waals surface area contributed by atoms with E-state index in [0.29, 0.717) is 97.3 Å². The molecule has 0 spiro atoms. The number of anilines is 6. The Balaban J connectivity index is 0.000000101. The number of hydrogen-bond acceptors (Lipinski definition) is 30. The summed E-state index contributed by atoms with van der Waals surface area (Å²) < 4.78 is 38.2. The summed E-state index contributed by atoms with van der Waals surface area (Å²) in [5.74, 6) is 9.75. The highest BCUT2D eigenvalue weighted by Gasteiger charge is 2.48. The lowest BCUT2D eigenvalue weighted by molar-refractivity contribution is -0.0532. The van der Waals surface area contributed by atoms with Crippen LogP contribution in [0.15, 0.2) is 61.6 Å². The van der Waals surface area contributed by atoms with Crippen LogP contribution in [-0.2, 0) is 77.7 Å². The van der Waals surface area contributed by atoms with Crippen LogP contribution in [0.3, 0.4) is 0 Å². The first-order chi connectivity index (χ1) is 54.4. The zero-order valence-corrected chi connectivity index (χ0v) is 64.3. The second kappa shape index (κ2) is 26.8. The van der Waals surface area contributed by atoms with E-state index in [-0.39, 0.29) is 23.7 Å². The third-order valence-corrected chi connectivity index (χ3v) is 23.8. The second-order valence-corrected chi connectivity index (χ2v) is 33.0. The van der Waals surface area contributed by atoms with E-state index in [4.69, 9.17) is 96.5 Å². The fourth-order valence-corrected chi connectivity index (χ4v) is 17.4. The van der Waals surface area contributed by atoms with E-state index in [1.807, 2.05) is 33.8 Å². The van der Waals surface area contributed by atoms with Crippen molar-refractivity contribution in [1.82, 2.24) is 103 Å². The van der Waals surface area contributed by atoms with Gasteiger partial charge in [-0.2, -0.15) is 10.5 Å². The van der Waals surface area contributed by atoms with Gasteiger partial charge in [0.25, 0.3) is 0 Å². The molecular formula is C79H87N29O5. The zero-order valence-electron chi connectivity index (χ0n) is 64.3. The number of aromatic nitrogens is 21. The molecule has 113 heavy (non-hydrogen) atoms. The summed E-state index contributed by atoms with van der Waals surface area (Å²) in [7, 11) is 0. The van der Waals surface area contributed by atoms with Crippen LogP contribution >= 0.6 is 0 Å². The molecule has 2 bridgehead atoms. The van der Waals surface area contributed by atoms with Gasteiger partial charge in [0, 0.05) is 124 Å². The van der Waals surface area contributed by atoms with Crippen molar-refractivity contribution in [3.8, 4) is 57.4 Å². The van der Waals surface area contributed by atoms with Gasteiger partial charge in [-0.1, -0.05) is 0 Å². The van der Waals surface area contributed by atoms with Crippen LogP contribution in [-0.4, -0.2) is 168 Å². The maximum absolute atomic E-state index is 9.94. The first kappa shape index (κ1) is 71.6. The summed E-state index contributed by atoms with van der Waals surface area (Å²) in [5.41, 5.74) is 34.3. The van der Waals surface area contributed by atoms with Crippen molar-refractivity contribution < 1.29 is 23.7 Å². The van der Waals surface area contributed by atoms with Gasteiger partial charge >= 0.3 is 0 Å². The van der Waals surface area contributed by atoms with E-state index in [1.54, 1.807) is 49.4 Å². The molecule has 11 aliphatic rings. The van der Waals surface area contributed by atoms with Crippen LogP contribution in [0, 0.1) is 40.4 Å². The van der Waals surface area contributed by atoms with Gasteiger partial charge in [-0.3, -0.25) is 4.98 Å². The summed E-state index contributed by atoms with van der Waals surface area (Å²) in [5, 5.41) is 19.2. The Morgan fingerprint density at radius 1 is 0.469 bits per heavy atom. The third-order valence-electron chi connectivity index (χ3n) is 23.8. The Morgan fingerprint density at radius 3 is 1.44 bits per heavy atom. The summed E-state index contributed by atoms with van der Waals surface area (Å²) in [4.78, 5) is 82.8. The molecule has 8 N–H and O–H groups in total. The molecule has 2 unspecified atom stereocenters. The molecular weight excluding hydrogens is 1440 g/mol.